The van der Waals surface area contributed by atoms with E-state index in [1.54, 1.807) is 0 Å². The normalized spacial score (nSPS) is 22.2. The molecule has 160 valence electrons. The molecule has 6 nitrogen and oxygen atoms in total. The summed E-state index contributed by atoms with van der Waals surface area (Å²) in [6.45, 7) is 14.9. The highest BCUT2D eigenvalue weighted by Gasteiger charge is 2.44. The molecule has 3 amide bonds. The smallest absolute Gasteiger partial charge is 0.317 e. The number of hydrogen-bond donors (Lipinski definition) is 1. The van der Waals surface area contributed by atoms with Gasteiger partial charge in [-0.2, -0.15) is 0 Å². The van der Waals surface area contributed by atoms with Crippen LogP contribution in [0.25, 0.3) is 0 Å². The summed E-state index contributed by atoms with van der Waals surface area (Å²) >= 11 is 0. The molecule has 0 aromatic heterocycles. The van der Waals surface area contributed by atoms with Gasteiger partial charge in [-0.1, -0.05) is 51.1 Å². The molecule has 1 aromatic rings. The summed E-state index contributed by atoms with van der Waals surface area (Å²) < 4.78 is 0. The zero-order valence-electron chi connectivity index (χ0n) is 18.6. The number of nitrogens with zero attached hydrogens (tertiary/aromatic N) is 3. The van der Waals surface area contributed by atoms with Crippen LogP contribution in [0.5, 0.6) is 0 Å². The summed E-state index contributed by atoms with van der Waals surface area (Å²) in [5, 5.41) is 3.05. The fourth-order valence-corrected chi connectivity index (χ4v) is 4.52. The molecule has 29 heavy (non-hydrogen) atoms. The van der Waals surface area contributed by atoms with E-state index in [0.717, 1.165) is 18.7 Å². The Bertz CT molecular complexity index is 726. The van der Waals surface area contributed by atoms with Gasteiger partial charge in [0, 0.05) is 57.3 Å². The van der Waals surface area contributed by atoms with Gasteiger partial charge in [0.25, 0.3) is 0 Å². The van der Waals surface area contributed by atoms with Crippen LogP contribution in [0, 0.1) is 5.41 Å². The van der Waals surface area contributed by atoms with Gasteiger partial charge < -0.3 is 15.1 Å². The molecule has 1 atom stereocenters. The SMILES string of the molecule is CC(C)(C)CC(=O)N1CCN2C(C1)CN(C(=O)NCc1ccccc1)CC2(C)C. The lowest BCUT2D eigenvalue weighted by molar-refractivity contribution is -0.139. The first kappa shape index (κ1) is 21.6. The monoisotopic (exact) mass is 400 g/mol. The molecule has 0 spiro atoms. The zero-order valence-corrected chi connectivity index (χ0v) is 18.6. The van der Waals surface area contributed by atoms with Crippen LogP contribution >= 0.6 is 0 Å². The minimum Gasteiger partial charge on any atom is -0.340 e. The molecule has 3 rings (SSSR count). The average molecular weight is 401 g/mol. The predicted octanol–water partition coefficient (Wildman–Crippen LogP) is 2.94. The first-order valence-electron chi connectivity index (χ1n) is 10.7. The summed E-state index contributed by atoms with van der Waals surface area (Å²) in [6.07, 6.45) is 0.560. The molecule has 6 heteroatoms. The molecule has 1 N–H and O–H groups in total. The van der Waals surface area contributed by atoms with Gasteiger partial charge in [-0.15, -0.1) is 0 Å². The summed E-state index contributed by atoms with van der Waals surface area (Å²) in [6, 6.07) is 10.1. The van der Waals surface area contributed by atoms with Crippen molar-refractivity contribution in [2.75, 3.05) is 32.7 Å². The Hall–Kier alpha value is -2.08. The van der Waals surface area contributed by atoms with Crippen molar-refractivity contribution in [3.05, 3.63) is 35.9 Å². The molecule has 0 radical (unpaired) electrons. The molecule has 2 saturated heterocycles. The Morgan fingerprint density at radius 2 is 1.72 bits per heavy atom. The van der Waals surface area contributed by atoms with Crippen LogP contribution < -0.4 is 5.32 Å². The maximum atomic E-state index is 12.9. The average Bonchev–Trinajstić information content (AvgIpc) is 2.64. The summed E-state index contributed by atoms with van der Waals surface area (Å²) in [4.78, 5) is 32.0. The number of carbonyl (C=O) groups is 2. The molecule has 1 unspecified atom stereocenters. The van der Waals surface area contributed by atoms with Crippen molar-refractivity contribution < 1.29 is 9.59 Å². The van der Waals surface area contributed by atoms with Crippen LogP contribution in [0.4, 0.5) is 4.79 Å². The summed E-state index contributed by atoms with van der Waals surface area (Å²) in [5.74, 6) is 0.223. The second-order valence-corrected chi connectivity index (χ2v) is 10.3. The Morgan fingerprint density at radius 1 is 1.07 bits per heavy atom. The minimum atomic E-state index is -0.105. The van der Waals surface area contributed by atoms with E-state index < -0.39 is 0 Å². The van der Waals surface area contributed by atoms with Crippen LogP contribution in [0.3, 0.4) is 0 Å². The van der Waals surface area contributed by atoms with Crippen molar-refractivity contribution in [1.29, 1.82) is 0 Å². The van der Waals surface area contributed by atoms with Crippen LogP contribution in [0.1, 0.15) is 46.6 Å². The molecule has 2 heterocycles. The van der Waals surface area contributed by atoms with Crippen LogP contribution in [-0.4, -0.2) is 70.9 Å². The quantitative estimate of drug-likeness (QED) is 0.849. The van der Waals surface area contributed by atoms with Crippen LogP contribution in [0.15, 0.2) is 30.3 Å². The number of hydrogen-bond acceptors (Lipinski definition) is 3. The molecule has 1 aromatic carbocycles. The third-order valence-electron chi connectivity index (χ3n) is 5.88. The molecule has 2 fully saturated rings. The molecule has 2 aliphatic heterocycles. The zero-order chi connectivity index (χ0) is 21.2. The van der Waals surface area contributed by atoms with Crippen LogP contribution in [0.2, 0.25) is 0 Å². The maximum Gasteiger partial charge on any atom is 0.317 e. The highest BCUT2D eigenvalue weighted by Crippen LogP contribution is 2.29. The van der Waals surface area contributed by atoms with Crippen molar-refractivity contribution in [3.8, 4) is 0 Å². The van der Waals surface area contributed by atoms with Gasteiger partial charge in [0.1, 0.15) is 0 Å². The van der Waals surface area contributed by atoms with E-state index in [2.05, 4.69) is 44.8 Å². The number of fused-ring (bicyclic) bond motifs is 1. The number of carbonyl (C=O) groups excluding carboxylic acids is 2. The number of piperazine rings is 2. The van der Waals surface area contributed by atoms with Gasteiger partial charge in [-0.3, -0.25) is 9.69 Å². The topological polar surface area (TPSA) is 55.9 Å². The van der Waals surface area contributed by atoms with Gasteiger partial charge in [0.15, 0.2) is 0 Å². The van der Waals surface area contributed by atoms with Crippen molar-refractivity contribution in [3.63, 3.8) is 0 Å². The number of rotatable bonds is 3. The molecule has 0 saturated carbocycles. The van der Waals surface area contributed by atoms with E-state index in [0.29, 0.717) is 32.6 Å². The fraction of sp³-hybridized carbons (Fsp3) is 0.652. The highest BCUT2D eigenvalue weighted by atomic mass is 16.2. The van der Waals surface area contributed by atoms with Gasteiger partial charge in [-0.25, -0.2) is 4.79 Å². The lowest BCUT2D eigenvalue weighted by atomic mass is 9.90. The maximum absolute atomic E-state index is 12.9. The van der Waals surface area contributed by atoms with Gasteiger partial charge in [0.05, 0.1) is 0 Å². The van der Waals surface area contributed by atoms with E-state index in [9.17, 15) is 9.59 Å². The Labute approximate surface area is 175 Å². The summed E-state index contributed by atoms with van der Waals surface area (Å²) in [5.41, 5.74) is 0.977. The van der Waals surface area contributed by atoms with Crippen molar-refractivity contribution in [2.24, 2.45) is 5.41 Å². The van der Waals surface area contributed by atoms with E-state index in [4.69, 9.17) is 0 Å². The Kier molecular flexibility index (Phi) is 6.22. The number of nitrogens with one attached hydrogen (secondary N) is 1. The number of urea groups is 1. The largest absolute Gasteiger partial charge is 0.340 e. The molecule has 2 aliphatic rings. The third-order valence-corrected chi connectivity index (χ3v) is 5.88. The molecular weight excluding hydrogens is 364 g/mol. The second-order valence-electron chi connectivity index (χ2n) is 10.3. The van der Waals surface area contributed by atoms with Crippen molar-refractivity contribution >= 4 is 11.9 Å². The van der Waals surface area contributed by atoms with Gasteiger partial charge >= 0.3 is 6.03 Å². The van der Waals surface area contributed by atoms with Gasteiger partial charge in [0.2, 0.25) is 5.91 Å². The lowest BCUT2D eigenvalue weighted by Gasteiger charge is -2.55. The van der Waals surface area contributed by atoms with E-state index in [-0.39, 0.29) is 28.9 Å². The lowest BCUT2D eigenvalue weighted by Crippen LogP contribution is -2.71. The highest BCUT2D eigenvalue weighted by molar-refractivity contribution is 5.77. The fourth-order valence-electron chi connectivity index (χ4n) is 4.52. The third kappa shape index (κ3) is 5.50. The van der Waals surface area contributed by atoms with Crippen LogP contribution in [-0.2, 0) is 11.3 Å². The standard InChI is InChI=1S/C23H36N4O2/c1-22(2,3)13-20(28)25-11-12-27-19(15-25)16-26(17-23(27,4)5)21(29)24-14-18-9-7-6-8-10-18/h6-10,19H,11-17H2,1-5H3,(H,24,29). The van der Waals surface area contributed by atoms with E-state index in [1.165, 1.54) is 0 Å². The molecular formula is C23H36N4O2. The Balaban J connectivity index is 1.63. The first-order chi connectivity index (χ1) is 13.5. The van der Waals surface area contributed by atoms with Gasteiger partial charge in [-0.05, 0) is 24.8 Å². The summed E-state index contributed by atoms with van der Waals surface area (Å²) in [7, 11) is 0. The molecule has 0 aliphatic carbocycles. The second kappa shape index (κ2) is 8.34. The number of benzene rings is 1. The van der Waals surface area contributed by atoms with Crippen molar-refractivity contribution in [2.45, 2.75) is 59.2 Å². The first-order valence-corrected chi connectivity index (χ1v) is 10.7. The predicted molar refractivity (Wildman–Crippen MR) is 115 cm³/mol. The number of amides is 3. The minimum absolute atomic E-state index is 0.0105. The van der Waals surface area contributed by atoms with E-state index >= 15 is 0 Å². The van der Waals surface area contributed by atoms with E-state index in [1.807, 2.05) is 40.1 Å². The Morgan fingerprint density at radius 3 is 2.38 bits per heavy atom. The molecule has 0 bridgehead atoms. The van der Waals surface area contributed by atoms with Crippen molar-refractivity contribution in [1.82, 2.24) is 20.0 Å².